The Kier molecular flexibility index (Phi) is 4.73. The first-order valence-electron chi connectivity index (χ1n) is 8.89. The predicted molar refractivity (Wildman–Crippen MR) is 100 cm³/mol. The second-order valence-corrected chi connectivity index (χ2v) is 9.10. The average molecular weight is 399 g/mol. The maximum Gasteiger partial charge on any atom is 0.324 e. The number of aromatic nitrogens is 1. The molecule has 3 aliphatic rings. The molecule has 7 nitrogen and oxygen atoms in total. The van der Waals surface area contributed by atoms with Crippen molar-refractivity contribution in [2.45, 2.75) is 44.6 Å². The van der Waals surface area contributed by atoms with Crippen molar-refractivity contribution >= 4 is 34.1 Å². The van der Waals surface area contributed by atoms with E-state index in [-0.39, 0.29) is 17.5 Å². The highest BCUT2D eigenvalue weighted by Gasteiger charge is 2.54. The molecule has 2 fully saturated rings. The van der Waals surface area contributed by atoms with Crippen LogP contribution in [-0.4, -0.2) is 69.0 Å². The first kappa shape index (κ1) is 18.2. The number of carbonyl (C=O) groups is 1. The summed E-state index contributed by atoms with van der Waals surface area (Å²) in [5.74, 6) is 0. The molecule has 3 N–H and O–H groups in total. The molecule has 2 saturated heterocycles. The first-order chi connectivity index (χ1) is 12.4. The summed E-state index contributed by atoms with van der Waals surface area (Å²) in [6, 6.07) is -0.196. The van der Waals surface area contributed by atoms with E-state index >= 15 is 0 Å². The minimum absolute atomic E-state index is 0.0113. The van der Waals surface area contributed by atoms with Crippen LogP contribution in [0.25, 0.3) is 0 Å². The molecule has 142 valence electrons. The lowest BCUT2D eigenvalue weighted by atomic mass is 9.76. The monoisotopic (exact) mass is 398 g/mol. The van der Waals surface area contributed by atoms with Crippen LogP contribution in [0.5, 0.6) is 0 Å². The second-order valence-electron chi connectivity index (χ2n) is 7.44. The molecule has 3 heterocycles. The number of rotatable bonds is 2. The van der Waals surface area contributed by atoms with E-state index < -0.39 is 12.3 Å². The van der Waals surface area contributed by atoms with Gasteiger partial charge in [0.1, 0.15) is 10.6 Å². The van der Waals surface area contributed by atoms with E-state index in [0.717, 1.165) is 25.0 Å². The van der Waals surface area contributed by atoms with E-state index in [2.05, 4.69) is 10.3 Å². The van der Waals surface area contributed by atoms with Crippen molar-refractivity contribution in [1.29, 1.82) is 0 Å². The number of urea groups is 1. The van der Waals surface area contributed by atoms with Gasteiger partial charge in [-0.1, -0.05) is 29.0 Å². The third kappa shape index (κ3) is 3.14. The van der Waals surface area contributed by atoms with Gasteiger partial charge in [-0.05, 0) is 31.8 Å². The average Bonchev–Trinajstić information content (AvgIpc) is 3.27. The normalized spacial score (nSPS) is 32.6. The van der Waals surface area contributed by atoms with Gasteiger partial charge in [0, 0.05) is 25.0 Å². The number of likely N-dealkylation sites (tertiary alicyclic amines) is 2. The highest BCUT2D eigenvalue weighted by Crippen LogP contribution is 2.50. The number of carbonyl (C=O) groups excluding carboxylic acids is 1. The van der Waals surface area contributed by atoms with Crippen molar-refractivity contribution in [3.63, 3.8) is 0 Å². The van der Waals surface area contributed by atoms with Crippen LogP contribution < -0.4 is 5.32 Å². The van der Waals surface area contributed by atoms with Crippen LogP contribution >= 0.6 is 22.9 Å². The van der Waals surface area contributed by atoms with Gasteiger partial charge in [0.2, 0.25) is 0 Å². The number of amides is 2. The molecular weight excluding hydrogens is 376 g/mol. The number of anilines is 1. The summed E-state index contributed by atoms with van der Waals surface area (Å²) in [5, 5.41) is 23.4. The predicted octanol–water partition coefficient (Wildman–Crippen LogP) is 2.12. The summed E-state index contributed by atoms with van der Waals surface area (Å²) in [4.78, 5) is 20.9. The lowest BCUT2D eigenvalue weighted by molar-refractivity contribution is 0.0305. The molecule has 4 rings (SSSR count). The summed E-state index contributed by atoms with van der Waals surface area (Å²) in [6.07, 6.45) is 4.76. The molecule has 0 saturated carbocycles. The number of halogens is 1. The van der Waals surface area contributed by atoms with E-state index in [1.54, 1.807) is 6.92 Å². The fourth-order valence-electron chi connectivity index (χ4n) is 4.54. The highest BCUT2D eigenvalue weighted by molar-refractivity contribution is 7.19. The van der Waals surface area contributed by atoms with Crippen molar-refractivity contribution in [2.24, 2.45) is 5.41 Å². The standard InChI is InChI=1S/C17H23ClN4O3S/c1-10(23)21-5-4-17(8-21)9-22(13-3-2-11(24)6-12(13)17)16(25)20-15-19-7-14(18)26-15/h6-7,10-11,13,23-24H,2-5,8-9H2,1H3,(H,19,20,25). The van der Waals surface area contributed by atoms with Crippen LogP contribution in [0.15, 0.2) is 17.8 Å². The van der Waals surface area contributed by atoms with Crippen molar-refractivity contribution in [3.05, 3.63) is 22.2 Å². The van der Waals surface area contributed by atoms with Gasteiger partial charge in [-0.3, -0.25) is 10.2 Å². The van der Waals surface area contributed by atoms with E-state index in [0.29, 0.717) is 29.0 Å². The molecule has 1 aromatic rings. The van der Waals surface area contributed by atoms with E-state index in [1.807, 2.05) is 15.9 Å². The van der Waals surface area contributed by atoms with Crippen LogP contribution in [0.3, 0.4) is 0 Å². The zero-order chi connectivity index (χ0) is 18.5. The number of aliphatic hydroxyl groups excluding tert-OH is 2. The Balaban J connectivity index is 1.59. The van der Waals surface area contributed by atoms with Crippen molar-refractivity contribution in [2.75, 3.05) is 25.0 Å². The van der Waals surface area contributed by atoms with E-state index in [1.165, 1.54) is 17.5 Å². The highest BCUT2D eigenvalue weighted by atomic mass is 35.5. The van der Waals surface area contributed by atoms with Crippen LogP contribution in [-0.2, 0) is 0 Å². The molecule has 1 spiro atoms. The molecule has 1 aliphatic carbocycles. The molecular formula is C17H23ClN4O3S. The third-order valence-corrected chi connectivity index (χ3v) is 6.82. The molecule has 0 radical (unpaired) electrons. The molecule has 26 heavy (non-hydrogen) atoms. The molecule has 1 aromatic heterocycles. The van der Waals surface area contributed by atoms with Crippen LogP contribution in [0.1, 0.15) is 26.2 Å². The largest absolute Gasteiger partial charge is 0.389 e. The van der Waals surface area contributed by atoms with Crippen molar-refractivity contribution < 1.29 is 15.0 Å². The molecule has 2 aliphatic heterocycles. The van der Waals surface area contributed by atoms with E-state index in [9.17, 15) is 15.0 Å². The molecule has 4 atom stereocenters. The lowest BCUT2D eigenvalue weighted by Gasteiger charge is -2.31. The Labute approximate surface area is 161 Å². The Morgan fingerprint density at radius 1 is 1.50 bits per heavy atom. The van der Waals surface area contributed by atoms with Crippen LogP contribution in [0.4, 0.5) is 9.93 Å². The van der Waals surface area contributed by atoms with Crippen LogP contribution in [0.2, 0.25) is 4.34 Å². The molecule has 0 bridgehead atoms. The number of fused-ring (bicyclic) bond motifs is 2. The van der Waals surface area contributed by atoms with Gasteiger partial charge in [0.05, 0.1) is 18.3 Å². The molecule has 2 amide bonds. The number of thiazole rings is 1. The number of nitrogens with zero attached hydrogens (tertiary/aromatic N) is 3. The number of nitrogens with one attached hydrogen (secondary N) is 1. The van der Waals surface area contributed by atoms with Crippen LogP contribution in [0, 0.1) is 5.41 Å². The summed E-state index contributed by atoms with van der Waals surface area (Å²) >= 11 is 7.13. The Morgan fingerprint density at radius 2 is 2.31 bits per heavy atom. The van der Waals surface area contributed by atoms with Gasteiger partial charge in [0.25, 0.3) is 0 Å². The van der Waals surface area contributed by atoms with Gasteiger partial charge in [-0.2, -0.15) is 0 Å². The van der Waals surface area contributed by atoms with E-state index in [4.69, 9.17) is 11.6 Å². The van der Waals surface area contributed by atoms with Gasteiger partial charge in [-0.15, -0.1) is 0 Å². The summed E-state index contributed by atoms with van der Waals surface area (Å²) in [5.41, 5.74) is 0.952. The second kappa shape index (κ2) is 6.76. The fraction of sp³-hybridized carbons (Fsp3) is 0.647. The lowest BCUT2D eigenvalue weighted by Crippen LogP contribution is -2.41. The zero-order valence-corrected chi connectivity index (χ0v) is 16.1. The Bertz CT molecular complexity index is 739. The minimum atomic E-state index is -0.512. The zero-order valence-electron chi connectivity index (χ0n) is 14.6. The molecule has 4 unspecified atom stereocenters. The smallest absolute Gasteiger partial charge is 0.324 e. The van der Waals surface area contributed by atoms with Gasteiger partial charge < -0.3 is 15.1 Å². The topological polar surface area (TPSA) is 88.9 Å². The number of hydrogen-bond acceptors (Lipinski definition) is 6. The Hall–Kier alpha value is -1.19. The quantitative estimate of drug-likeness (QED) is 0.664. The fourth-order valence-corrected chi connectivity index (χ4v) is 5.35. The van der Waals surface area contributed by atoms with Crippen molar-refractivity contribution in [3.8, 4) is 0 Å². The van der Waals surface area contributed by atoms with Gasteiger partial charge in [-0.25, -0.2) is 9.78 Å². The summed E-state index contributed by atoms with van der Waals surface area (Å²) < 4.78 is 0.530. The molecule has 9 heteroatoms. The Morgan fingerprint density at radius 3 is 2.96 bits per heavy atom. The van der Waals surface area contributed by atoms with Gasteiger partial charge >= 0.3 is 6.03 Å². The van der Waals surface area contributed by atoms with Crippen molar-refractivity contribution in [1.82, 2.24) is 14.8 Å². The first-order valence-corrected chi connectivity index (χ1v) is 10.1. The summed E-state index contributed by atoms with van der Waals surface area (Å²) in [6.45, 7) is 3.85. The third-order valence-electron chi connectivity index (χ3n) is 5.79. The number of hydrogen-bond donors (Lipinski definition) is 3. The maximum atomic E-state index is 12.9. The SMILES string of the molecule is CC(O)N1CCC2(C1)CN(C(=O)Nc1ncc(Cl)s1)C1CCC(O)C=C12. The summed E-state index contributed by atoms with van der Waals surface area (Å²) in [7, 11) is 0. The molecule has 0 aromatic carbocycles. The maximum absolute atomic E-state index is 12.9. The minimum Gasteiger partial charge on any atom is -0.389 e. The number of aliphatic hydroxyl groups is 2. The van der Waals surface area contributed by atoms with Gasteiger partial charge in [0.15, 0.2) is 5.13 Å².